The van der Waals surface area contributed by atoms with E-state index in [0.29, 0.717) is 12.0 Å². The van der Waals surface area contributed by atoms with Crippen molar-refractivity contribution in [2.24, 2.45) is 10.7 Å². The van der Waals surface area contributed by atoms with Gasteiger partial charge in [0.1, 0.15) is 6.17 Å². The van der Waals surface area contributed by atoms with Gasteiger partial charge in [0.15, 0.2) is 0 Å². The largest absolute Gasteiger partial charge is 0.334 e. The standard InChI is InChI=1S/C28H25N3/c29-28-23(16-17-30-28)20-12-10-19(11-13-20)21-14-15-27-25(18-21)24-8-4-5-9-26(24)31(27)22-6-2-1-3-7-22/h1-3,5-7,9-18,24,26,28H,4,8,29H2. The lowest BCUT2D eigenvalue weighted by molar-refractivity contribution is 0.573. The Hall–Kier alpha value is -3.43. The summed E-state index contributed by atoms with van der Waals surface area (Å²) >= 11 is 0. The molecule has 2 N–H and O–H groups in total. The summed E-state index contributed by atoms with van der Waals surface area (Å²) in [6.45, 7) is 0. The van der Waals surface area contributed by atoms with Crippen LogP contribution in [0.4, 0.5) is 11.4 Å². The smallest absolute Gasteiger partial charge is 0.123 e. The van der Waals surface area contributed by atoms with Crippen LogP contribution in [0.3, 0.4) is 0 Å². The van der Waals surface area contributed by atoms with Crippen LogP contribution < -0.4 is 10.6 Å². The first-order valence-electron chi connectivity index (χ1n) is 11.0. The number of fused-ring (bicyclic) bond motifs is 3. The molecule has 6 rings (SSSR count). The van der Waals surface area contributed by atoms with Crippen molar-refractivity contribution in [3.05, 3.63) is 102 Å². The van der Waals surface area contributed by atoms with Gasteiger partial charge < -0.3 is 10.6 Å². The van der Waals surface area contributed by atoms with Crippen LogP contribution in [0.25, 0.3) is 16.7 Å². The fourth-order valence-electron chi connectivity index (χ4n) is 5.25. The molecule has 3 aliphatic rings. The van der Waals surface area contributed by atoms with E-state index in [-0.39, 0.29) is 6.17 Å². The molecule has 152 valence electrons. The highest BCUT2D eigenvalue weighted by atomic mass is 15.2. The molecule has 0 saturated carbocycles. The highest BCUT2D eigenvalue weighted by molar-refractivity contribution is 5.91. The zero-order chi connectivity index (χ0) is 20.8. The first kappa shape index (κ1) is 18.3. The Morgan fingerprint density at radius 3 is 2.42 bits per heavy atom. The number of aliphatic imine (C=N–C) groups is 1. The van der Waals surface area contributed by atoms with E-state index in [1.807, 2.05) is 6.08 Å². The molecule has 3 aromatic rings. The zero-order valence-corrected chi connectivity index (χ0v) is 17.4. The van der Waals surface area contributed by atoms with Gasteiger partial charge in [0.2, 0.25) is 0 Å². The zero-order valence-electron chi connectivity index (χ0n) is 17.4. The second kappa shape index (κ2) is 7.36. The van der Waals surface area contributed by atoms with Crippen LogP contribution in [0.2, 0.25) is 0 Å². The first-order chi connectivity index (χ1) is 15.3. The highest BCUT2D eigenvalue weighted by Crippen LogP contribution is 2.50. The quantitative estimate of drug-likeness (QED) is 0.540. The van der Waals surface area contributed by atoms with Crippen molar-refractivity contribution in [3.8, 4) is 11.1 Å². The van der Waals surface area contributed by atoms with Gasteiger partial charge in [-0.15, -0.1) is 0 Å². The van der Waals surface area contributed by atoms with Gasteiger partial charge in [0.25, 0.3) is 0 Å². The van der Waals surface area contributed by atoms with Crippen LogP contribution in [0.5, 0.6) is 0 Å². The maximum absolute atomic E-state index is 6.07. The summed E-state index contributed by atoms with van der Waals surface area (Å²) < 4.78 is 0. The maximum atomic E-state index is 6.07. The van der Waals surface area contributed by atoms with Crippen molar-refractivity contribution < 1.29 is 0 Å². The molecule has 0 radical (unpaired) electrons. The molecule has 0 fully saturated rings. The van der Waals surface area contributed by atoms with Gasteiger partial charge in [0, 0.05) is 23.5 Å². The fraction of sp³-hybridized carbons (Fsp3) is 0.179. The molecule has 2 heterocycles. The Morgan fingerprint density at radius 2 is 1.65 bits per heavy atom. The monoisotopic (exact) mass is 403 g/mol. The van der Waals surface area contributed by atoms with Gasteiger partial charge >= 0.3 is 0 Å². The highest BCUT2D eigenvalue weighted by Gasteiger charge is 2.38. The average Bonchev–Trinajstić information content (AvgIpc) is 3.40. The number of para-hydroxylation sites is 1. The number of hydrogen-bond donors (Lipinski definition) is 1. The minimum absolute atomic E-state index is 0.244. The normalized spacial score (nSPS) is 23.6. The predicted octanol–water partition coefficient (Wildman–Crippen LogP) is 6.06. The molecule has 0 amide bonds. The number of nitrogens with zero attached hydrogens (tertiary/aromatic N) is 2. The Bertz CT molecular complexity index is 1200. The van der Waals surface area contributed by atoms with Crippen molar-refractivity contribution in [3.63, 3.8) is 0 Å². The van der Waals surface area contributed by atoms with E-state index in [2.05, 4.69) is 94.8 Å². The summed E-state index contributed by atoms with van der Waals surface area (Å²) in [7, 11) is 0. The lowest BCUT2D eigenvalue weighted by Gasteiger charge is -2.30. The van der Waals surface area contributed by atoms with Gasteiger partial charge in [-0.05, 0) is 71.0 Å². The van der Waals surface area contributed by atoms with E-state index in [4.69, 9.17) is 5.73 Å². The van der Waals surface area contributed by atoms with Crippen molar-refractivity contribution in [1.82, 2.24) is 0 Å². The number of allylic oxidation sites excluding steroid dienone is 2. The second-order valence-corrected chi connectivity index (χ2v) is 8.52. The third-order valence-electron chi connectivity index (χ3n) is 6.78. The van der Waals surface area contributed by atoms with Crippen LogP contribution in [0, 0.1) is 0 Å². The predicted molar refractivity (Wildman–Crippen MR) is 130 cm³/mol. The van der Waals surface area contributed by atoms with E-state index >= 15 is 0 Å². The molecular formula is C28H25N3. The second-order valence-electron chi connectivity index (χ2n) is 8.52. The molecule has 0 spiro atoms. The van der Waals surface area contributed by atoms with Crippen LogP contribution >= 0.6 is 0 Å². The minimum Gasteiger partial charge on any atom is -0.334 e. The lowest BCUT2D eigenvalue weighted by Crippen LogP contribution is -2.29. The van der Waals surface area contributed by atoms with E-state index < -0.39 is 0 Å². The summed E-state index contributed by atoms with van der Waals surface area (Å²) in [5.74, 6) is 0.540. The maximum Gasteiger partial charge on any atom is 0.123 e. The van der Waals surface area contributed by atoms with E-state index in [0.717, 1.165) is 17.6 Å². The number of benzene rings is 3. The molecule has 3 aromatic carbocycles. The van der Waals surface area contributed by atoms with E-state index in [9.17, 15) is 0 Å². The number of rotatable bonds is 3. The molecule has 3 unspecified atom stereocenters. The number of nitrogens with two attached hydrogens (primary N) is 1. The molecule has 0 aromatic heterocycles. The average molecular weight is 404 g/mol. The molecule has 0 saturated heterocycles. The lowest BCUT2D eigenvalue weighted by atomic mass is 9.85. The summed E-state index contributed by atoms with van der Waals surface area (Å²) in [5, 5.41) is 0. The molecule has 31 heavy (non-hydrogen) atoms. The van der Waals surface area contributed by atoms with Crippen molar-refractivity contribution >= 4 is 23.2 Å². The van der Waals surface area contributed by atoms with Gasteiger partial charge in [-0.2, -0.15) is 0 Å². The Balaban J connectivity index is 1.38. The van der Waals surface area contributed by atoms with Crippen LogP contribution in [0.15, 0.2) is 96.0 Å². The molecule has 3 heteroatoms. The molecule has 3 nitrogen and oxygen atoms in total. The summed E-state index contributed by atoms with van der Waals surface area (Å²) in [4.78, 5) is 6.74. The van der Waals surface area contributed by atoms with E-state index in [1.165, 1.54) is 34.5 Å². The van der Waals surface area contributed by atoms with Crippen molar-refractivity contribution in [2.75, 3.05) is 4.90 Å². The molecule has 3 atom stereocenters. The van der Waals surface area contributed by atoms with Gasteiger partial charge in [-0.25, -0.2) is 0 Å². The fourth-order valence-corrected chi connectivity index (χ4v) is 5.25. The summed E-state index contributed by atoms with van der Waals surface area (Å²) in [5.41, 5.74) is 14.9. The van der Waals surface area contributed by atoms with Crippen LogP contribution in [-0.2, 0) is 0 Å². The van der Waals surface area contributed by atoms with E-state index in [1.54, 1.807) is 6.21 Å². The van der Waals surface area contributed by atoms with Crippen LogP contribution in [0.1, 0.15) is 29.9 Å². The Kier molecular flexibility index (Phi) is 4.36. The summed E-state index contributed by atoms with van der Waals surface area (Å²) in [6.07, 6.45) is 10.6. The molecule has 1 aliphatic carbocycles. The number of anilines is 2. The topological polar surface area (TPSA) is 41.6 Å². The third-order valence-corrected chi connectivity index (χ3v) is 6.78. The van der Waals surface area contributed by atoms with Crippen molar-refractivity contribution in [1.29, 1.82) is 0 Å². The van der Waals surface area contributed by atoms with Crippen LogP contribution in [-0.4, -0.2) is 18.4 Å². The third kappa shape index (κ3) is 3.05. The first-order valence-corrected chi connectivity index (χ1v) is 11.0. The molecular weight excluding hydrogens is 378 g/mol. The van der Waals surface area contributed by atoms with Gasteiger partial charge in [-0.1, -0.05) is 60.7 Å². The molecule has 2 aliphatic heterocycles. The Morgan fingerprint density at radius 1 is 0.871 bits per heavy atom. The Labute approximate surface area is 183 Å². The van der Waals surface area contributed by atoms with Gasteiger partial charge in [-0.3, -0.25) is 4.99 Å². The summed E-state index contributed by atoms with van der Waals surface area (Å²) in [6, 6.07) is 26.9. The van der Waals surface area contributed by atoms with Crippen molar-refractivity contribution in [2.45, 2.75) is 31.0 Å². The SMILES string of the molecule is NC1N=CC=C1c1ccc(-c2ccc3c(c2)C2CCC=CC2N3c2ccccc2)cc1. The number of hydrogen-bond acceptors (Lipinski definition) is 3. The molecule has 0 bridgehead atoms. The van der Waals surface area contributed by atoms with Gasteiger partial charge in [0.05, 0.1) is 6.04 Å². The minimum atomic E-state index is -0.244.